The van der Waals surface area contributed by atoms with Crippen LogP contribution in [0, 0.1) is 0 Å². The zero-order chi connectivity index (χ0) is 10.0. The third kappa shape index (κ3) is 2.28. The number of halogens is 1. The Bertz CT molecular complexity index is 360. The Morgan fingerprint density at radius 2 is 2.31 bits per heavy atom. The first kappa shape index (κ1) is 9.72. The molecule has 13 heavy (non-hydrogen) atoms. The van der Waals surface area contributed by atoms with Gasteiger partial charge >= 0.3 is 6.03 Å². The fourth-order valence-electron chi connectivity index (χ4n) is 0.785. The minimum Gasteiger partial charge on any atom is -0.351 e. The van der Waals surface area contributed by atoms with Crippen LogP contribution in [0.15, 0.2) is 10.7 Å². The third-order valence-electron chi connectivity index (χ3n) is 1.24. The first-order valence-electron chi connectivity index (χ1n) is 3.30. The van der Waals surface area contributed by atoms with Crippen molar-refractivity contribution in [3.8, 4) is 0 Å². The van der Waals surface area contributed by atoms with Crippen LogP contribution in [0.5, 0.6) is 0 Å². The lowest BCUT2D eigenvalue weighted by molar-refractivity contribution is 0.0960. The smallest absolute Gasteiger partial charge is 0.319 e. The van der Waals surface area contributed by atoms with Crippen molar-refractivity contribution in [2.45, 2.75) is 0 Å². The summed E-state index contributed by atoms with van der Waals surface area (Å²) in [6.07, 6.45) is 1.59. The Morgan fingerprint density at radius 3 is 2.69 bits per heavy atom. The van der Waals surface area contributed by atoms with E-state index in [0.717, 1.165) is 0 Å². The maximum absolute atomic E-state index is 11.2. The molecule has 1 aromatic heterocycles. The molecule has 1 heterocycles. The molecule has 0 saturated carbocycles. The summed E-state index contributed by atoms with van der Waals surface area (Å²) < 4.78 is 1.95. The SMILES string of the molecule is Cn1cc(Br)c(C(=O)NC(N)=O)n1. The first-order chi connectivity index (χ1) is 6.00. The maximum atomic E-state index is 11.2. The molecule has 3 N–H and O–H groups in total. The summed E-state index contributed by atoms with van der Waals surface area (Å²) in [7, 11) is 1.66. The molecule has 0 bridgehead atoms. The molecule has 0 fully saturated rings. The second kappa shape index (κ2) is 3.56. The molecule has 7 heteroatoms. The van der Waals surface area contributed by atoms with Gasteiger partial charge in [-0.25, -0.2) is 4.79 Å². The van der Waals surface area contributed by atoms with Crippen LogP contribution < -0.4 is 11.1 Å². The van der Waals surface area contributed by atoms with Crippen molar-refractivity contribution in [3.63, 3.8) is 0 Å². The summed E-state index contributed by atoms with van der Waals surface area (Å²) in [5, 5.41) is 5.72. The lowest BCUT2D eigenvalue weighted by atomic mass is 10.4. The van der Waals surface area contributed by atoms with Crippen molar-refractivity contribution < 1.29 is 9.59 Å². The van der Waals surface area contributed by atoms with Crippen LogP contribution in [0.3, 0.4) is 0 Å². The van der Waals surface area contributed by atoms with E-state index in [1.54, 1.807) is 13.2 Å². The molecule has 0 atom stereocenters. The quantitative estimate of drug-likeness (QED) is 0.731. The van der Waals surface area contributed by atoms with Gasteiger partial charge in [0.1, 0.15) is 0 Å². The largest absolute Gasteiger partial charge is 0.351 e. The van der Waals surface area contributed by atoms with Crippen molar-refractivity contribution in [1.29, 1.82) is 0 Å². The summed E-state index contributed by atoms with van der Waals surface area (Å²) >= 11 is 3.11. The number of amides is 3. The van der Waals surface area contributed by atoms with Crippen molar-refractivity contribution in [3.05, 3.63) is 16.4 Å². The average Bonchev–Trinajstić information content (AvgIpc) is 2.28. The van der Waals surface area contributed by atoms with Crippen LogP contribution in [0.4, 0.5) is 4.79 Å². The molecule has 70 valence electrons. The molecule has 1 aromatic rings. The maximum Gasteiger partial charge on any atom is 0.319 e. The molecule has 0 aliphatic rings. The Morgan fingerprint density at radius 1 is 1.69 bits per heavy atom. The topological polar surface area (TPSA) is 90.0 Å². The summed E-state index contributed by atoms with van der Waals surface area (Å²) in [4.78, 5) is 21.5. The van der Waals surface area contributed by atoms with Gasteiger partial charge in [0.2, 0.25) is 0 Å². The molecular formula is C6H7BrN4O2. The molecule has 6 nitrogen and oxygen atoms in total. The van der Waals surface area contributed by atoms with Crippen LogP contribution in [-0.4, -0.2) is 21.7 Å². The van der Waals surface area contributed by atoms with E-state index in [1.165, 1.54) is 4.68 Å². The number of rotatable bonds is 1. The van der Waals surface area contributed by atoms with Crippen LogP contribution >= 0.6 is 15.9 Å². The van der Waals surface area contributed by atoms with Gasteiger partial charge in [0.15, 0.2) is 5.69 Å². The van der Waals surface area contributed by atoms with Crippen LogP contribution in [0.2, 0.25) is 0 Å². The first-order valence-corrected chi connectivity index (χ1v) is 4.10. The van der Waals surface area contributed by atoms with Crippen molar-refractivity contribution in [1.82, 2.24) is 15.1 Å². The van der Waals surface area contributed by atoms with Gasteiger partial charge in [0, 0.05) is 13.2 Å². The van der Waals surface area contributed by atoms with Gasteiger partial charge in [0.05, 0.1) is 4.47 Å². The van der Waals surface area contributed by atoms with E-state index < -0.39 is 11.9 Å². The molecule has 0 aliphatic heterocycles. The Hall–Kier alpha value is -1.37. The number of imide groups is 1. The number of carbonyl (C=O) groups is 2. The molecule has 1 rings (SSSR count). The third-order valence-corrected chi connectivity index (χ3v) is 1.82. The van der Waals surface area contributed by atoms with E-state index in [-0.39, 0.29) is 5.69 Å². The number of urea groups is 1. The lowest BCUT2D eigenvalue weighted by Gasteiger charge is -1.96. The van der Waals surface area contributed by atoms with Gasteiger partial charge in [-0.3, -0.25) is 14.8 Å². The second-order valence-corrected chi connectivity index (χ2v) is 3.17. The van der Waals surface area contributed by atoms with E-state index in [4.69, 9.17) is 5.73 Å². The second-order valence-electron chi connectivity index (χ2n) is 2.32. The number of nitrogens with one attached hydrogen (secondary N) is 1. The highest BCUT2D eigenvalue weighted by Crippen LogP contribution is 2.13. The van der Waals surface area contributed by atoms with E-state index in [1.807, 2.05) is 5.32 Å². The molecule has 0 radical (unpaired) electrons. The van der Waals surface area contributed by atoms with E-state index in [0.29, 0.717) is 4.47 Å². The highest BCUT2D eigenvalue weighted by molar-refractivity contribution is 9.10. The Kier molecular flexibility index (Phi) is 2.66. The van der Waals surface area contributed by atoms with Crippen molar-refractivity contribution in [2.24, 2.45) is 12.8 Å². The van der Waals surface area contributed by atoms with Crippen LogP contribution in [0.1, 0.15) is 10.5 Å². The highest BCUT2D eigenvalue weighted by Gasteiger charge is 2.15. The monoisotopic (exact) mass is 246 g/mol. The van der Waals surface area contributed by atoms with Gasteiger partial charge in [-0.2, -0.15) is 5.10 Å². The minimum absolute atomic E-state index is 0.126. The standard InChI is InChI=1S/C6H7BrN4O2/c1-11-2-3(7)4(10-11)5(12)9-6(8)13/h2H,1H3,(H3,8,9,12,13). The Labute approximate surface area is 82.2 Å². The predicted molar refractivity (Wildman–Crippen MR) is 48.0 cm³/mol. The van der Waals surface area contributed by atoms with Gasteiger partial charge < -0.3 is 5.73 Å². The number of nitrogens with two attached hydrogens (primary N) is 1. The molecule has 0 unspecified atom stereocenters. The van der Waals surface area contributed by atoms with Gasteiger partial charge in [-0.15, -0.1) is 0 Å². The summed E-state index contributed by atoms with van der Waals surface area (Å²) in [6.45, 7) is 0. The van der Waals surface area contributed by atoms with Gasteiger partial charge in [-0.05, 0) is 15.9 Å². The van der Waals surface area contributed by atoms with Gasteiger partial charge in [0.25, 0.3) is 5.91 Å². The van der Waals surface area contributed by atoms with E-state index in [9.17, 15) is 9.59 Å². The normalized spacial score (nSPS) is 9.69. The number of aryl methyl sites for hydroxylation is 1. The molecular weight excluding hydrogens is 240 g/mol. The van der Waals surface area contributed by atoms with Crippen LogP contribution in [0.25, 0.3) is 0 Å². The molecule has 0 aromatic carbocycles. The summed E-state index contributed by atoms with van der Waals surface area (Å²) in [5.74, 6) is -0.625. The van der Waals surface area contributed by atoms with E-state index in [2.05, 4.69) is 21.0 Å². The number of hydrogen-bond donors (Lipinski definition) is 2. The van der Waals surface area contributed by atoms with Crippen molar-refractivity contribution in [2.75, 3.05) is 0 Å². The Balaban J connectivity index is 2.88. The zero-order valence-corrected chi connectivity index (χ0v) is 8.33. The molecule has 0 saturated heterocycles. The summed E-state index contributed by atoms with van der Waals surface area (Å²) in [5.41, 5.74) is 4.89. The van der Waals surface area contributed by atoms with Crippen LogP contribution in [-0.2, 0) is 7.05 Å². The fourth-order valence-corrected chi connectivity index (χ4v) is 1.34. The molecule has 0 aliphatic carbocycles. The zero-order valence-electron chi connectivity index (χ0n) is 6.74. The highest BCUT2D eigenvalue weighted by atomic mass is 79.9. The van der Waals surface area contributed by atoms with Crippen molar-refractivity contribution >= 4 is 27.9 Å². The lowest BCUT2D eigenvalue weighted by Crippen LogP contribution is -2.35. The van der Waals surface area contributed by atoms with Gasteiger partial charge in [-0.1, -0.05) is 0 Å². The molecule has 3 amide bonds. The minimum atomic E-state index is -0.900. The number of aromatic nitrogens is 2. The average molecular weight is 247 g/mol. The number of nitrogens with zero attached hydrogens (tertiary/aromatic N) is 2. The number of primary amides is 1. The fraction of sp³-hybridized carbons (Fsp3) is 0.167. The predicted octanol–water partition coefficient (Wildman–Crippen LogP) is -0.00890. The van der Waals surface area contributed by atoms with E-state index >= 15 is 0 Å². The number of hydrogen-bond acceptors (Lipinski definition) is 3. The summed E-state index contributed by atoms with van der Waals surface area (Å²) in [6, 6.07) is -0.900. The number of carbonyl (C=O) groups excluding carboxylic acids is 2. The molecule has 0 spiro atoms.